The first-order valence-electron chi connectivity index (χ1n) is 5.51. The minimum absolute atomic E-state index is 0.0686. The molecule has 0 aliphatic rings. The summed E-state index contributed by atoms with van der Waals surface area (Å²) in [6, 6.07) is 6.43. The summed E-state index contributed by atoms with van der Waals surface area (Å²) in [6.45, 7) is 3.45. The van der Waals surface area contributed by atoms with Gasteiger partial charge in [0.2, 0.25) is 5.78 Å². The molecule has 1 rings (SSSR count). The number of hydrogen-bond acceptors (Lipinski definition) is 5. The number of aliphatic hydroxyl groups excluding tert-OH is 1. The fourth-order valence-corrected chi connectivity index (χ4v) is 1.39. The molecule has 1 N–H and O–H groups in total. The van der Waals surface area contributed by atoms with Crippen molar-refractivity contribution in [2.75, 3.05) is 13.2 Å². The van der Waals surface area contributed by atoms with Crippen LogP contribution < -0.4 is 4.74 Å². The van der Waals surface area contributed by atoms with Crippen molar-refractivity contribution in [2.45, 2.75) is 19.4 Å². The van der Waals surface area contributed by atoms with Crippen LogP contribution in [0, 0.1) is 0 Å². The Kier molecular flexibility index (Phi) is 4.85. The summed E-state index contributed by atoms with van der Waals surface area (Å²) in [7, 11) is 0. The SMILES string of the molecule is CC(C)(OC=O)C(=O)c1ccc(OCCO)cc1. The van der Waals surface area contributed by atoms with Gasteiger partial charge in [0, 0.05) is 5.56 Å². The molecule has 0 aliphatic carbocycles. The lowest BCUT2D eigenvalue weighted by Crippen LogP contribution is -2.34. The second-order valence-electron chi connectivity index (χ2n) is 4.15. The molecule has 0 amide bonds. The molecule has 0 aliphatic heterocycles. The molecule has 5 nitrogen and oxygen atoms in total. The zero-order valence-corrected chi connectivity index (χ0v) is 10.4. The summed E-state index contributed by atoms with van der Waals surface area (Å²) >= 11 is 0. The third kappa shape index (κ3) is 3.56. The third-order valence-electron chi connectivity index (χ3n) is 2.37. The normalized spacial score (nSPS) is 10.8. The Labute approximate surface area is 105 Å². The van der Waals surface area contributed by atoms with Crippen molar-refractivity contribution in [2.24, 2.45) is 0 Å². The fraction of sp³-hybridized carbons (Fsp3) is 0.385. The van der Waals surface area contributed by atoms with Gasteiger partial charge in [-0.1, -0.05) is 0 Å². The van der Waals surface area contributed by atoms with Crippen LogP contribution in [0.15, 0.2) is 24.3 Å². The van der Waals surface area contributed by atoms with E-state index in [4.69, 9.17) is 14.6 Å². The van der Waals surface area contributed by atoms with E-state index in [0.717, 1.165) is 0 Å². The van der Waals surface area contributed by atoms with Gasteiger partial charge in [-0.15, -0.1) is 0 Å². The fourth-order valence-electron chi connectivity index (χ4n) is 1.39. The van der Waals surface area contributed by atoms with Crippen LogP contribution in [0.3, 0.4) is 0 Å². The summed E-state index contributed by atoms with van der Waals surface area (Å²) in [4.78, 5) is 22.3. The Morgan fingerprint density at radius 1 is 1.33 bits per heavy atom. The molecule has 98 valence electrons. The molecule has 0 radical (unpaired) electrons. The van der Waals surface area contributed by atoms with Gasteiger partial charge in [-0.3, -0.25) is 9.59 Å². The topological polar surface area (TPSA) is 72.8 Å². The standard InChI is InChI=1S/C13H16O5/c1-13(2,18-9-15)12(16)10-3-5-11(6-4-10)17-8-7-14/h3-6,9,14H,7-8H2,1-2H3. The Bertz CT molecular complexity index is 408. The maximum absolute atomic E-state index is 12.0. The van der Waals surface area contributed by atoms with Crippen LogP contribution in [0.4, 0.5) is 0 Å². The Morgan fingerprint density at radius 2 is 1.94 bits per heavy atom. The average Bonchev–Trinajstić information content (AvgIpc) is 2.36. The minimum Gasteiger partial charge on any atom is -0.491 e. The lowest BCUT2D eigenvalue weighted by Gasteiger charge is -2.20. The second kappa shape index (κ2) is 6.16. The molecule has 0 saturated heterocycles. The molecule has 0 bridgehead atoms. The quantitative estimate of drug-likeness (QED) is 0.583. The van der Waals surface area contributed by atoms with Crippen molar-refractivity contribution < 1.29 is 24.2 Å². The number of aliphatic hydroxyl groups is 1. The van der Waals surface area contributed by atoms with Crippen LogP contribution in [-0.2, 0) is 9.53 Å². The van der Waals surface area contributed by atoms with Gasteiger partial charge < -0.3 is 14.6 Å². The molecule has 0 unspecified atom stereocenters. The molecule has 0 heterocycles. The Balaban J connectivity index is 2.78. The van der Waals surface area contributed by atoms with Crippen molar-refractivity contribution in [1.29, 1.82) is 0 Å². The van der Waals surface area contributed by atoms with Gasteiger partial charge in [0.05, 0.1) is 6.61 Å². The van der Waals surface area contributed by atoms with Crippen LogP contribution in [0.5, 0.6) is 5.75 Å². The molecular formula is C13H16O5. The smallest absolute Gasteiger partial charge is 0.294 e. The van der Waals surface area contributed by atoms with Crippen molar-refractivity contribution in [1.82, 2.24) is 0 Å². The van der Waals surface area contributed by atoms with Gasteiger partial charge in [-0.25, -0.2) is 0 Å². The summed E-state index contributed by atoms with van der Waals surface area (Å²) < 4.78 is 9.92. The van der Waals surface area contributed by atoms with Crippen LogP contribution in [0.1, 0.15) is 24.2 Å². The zero-order valence-electron chi connectivity index (χ0n) is 10.4. The van der Waals surface area contributed by atoms with E-state index < -0.39 is 5.60 Å². The van der Waals surface area contributed by atoms with Gasteiger partial charge in [0.1, 0.15) is 12.4 Å². The van der Waals surface area contributed by atoms with E-state index in [9.17, 15) is 9.59 Å². The highest BCUT2D eigenvalue weighted by atomic mass is 16.5. The van der Waals surface area contributed by atoms with Crippen molar-refractivity contribution in [3.63, 3.8) is 0 Å². The van der Waals surface area contributed by atoms with Crippen LogP contribution in [0.25, 0.3) is 0 Å². The van der Waals surface area contributed by atoms with Gasteiger partial charge in [0.25, 0.3) is 6.47 Å². The predicted octanol–water partition coefficient (Wildman–Crippen LogP) is 1.19. The highest BCUT2D eigenvalue weighted by molar-refractivity contribution is 6.02. The van der Waals surface area contributed by atoms with E-state index in [1.165, 1.54) is 13.8 Å². The first kappa shape index (κ1) is 14.2. The molecule has 1 aromatic carbocycles. The van der Waals surface area contributed by atoms with Crippen LogP contribution in [0.2, 0.25) is 0 Å². The zero-order chi connectivity index (χ0) is 13.6. The number of ether oxygens (including phenoxy) is 2. The van der Waals surface area contributed by atoms with Gasteiger partial charge in [0.15, 0.2) is 5.60 Å². The number of Topliss-reactive ketones (excluding diaryl/α,β-unsaturated/α-hetero) is 1. The maximum Gasteiger partial charge on any atom is 0.294 e. The van der Waals surface area contributed by atoms with Gasteiger partial charge >= 0.3 is 0 Å². The number of rotatable bonds is 7. The number of carbonyl (C=O) groups excluding carboxylic acids is 2. The molecule has 0 fully saturated rings. The summed E-state index contributed by atoms with van der Waals surface area (Å²) in [5.74, 6) is 0.276. The van der Waals surface area contributed by atoms with Crippen molar-refractivity contribution in [3.8, 4) is 5.75 Å². The van der Waals surface area contributed by atoms with Gasteiger partial charge in [-0.05, 0) is 38.1 Å². The number of carbonyl (C=O) groups is 2. The van der Waals surface area contributed by atoms with E-state index in [1.807, 2.05) is 0 Å². The summed E-state index contributed by atoms with van der Waals surface area (Å²) in [6.07, 6.45) is 0. The predicted molar refractivity (Wildman–Crippen MR) is 64.6 cm³/mol. The second-order valence-corrected chi connectivity index (χ2v) is 4.15. The summed E-state index contributed by atoms with van der Waals surface area (Å²) in [5, 5.41) is 8.61. The van der Waals surface area contributed by atoms with Crippen molar-refractivity contribution in [3.05, 3.63) is 29.8 Å². The molecule has 0 atom stereocenters. The maximum atomic E-state index is 12.0. The lowest BCUT2D eigenvalue weighted by atomic mass is 9.96. The van der Waals surface area contributed by atoms with E-state index in [0.29, 0.717) is 11.3 Å². The highest BCUT2D eigenvalue weighted by Crippen LogP contribution is 2.19. The van der Waals surface area contributed by atoms with Gasteiger partial charge in [-0.2, -0.15) is 0 Å². The molecule has 0 aromatic heterocycles. The monoisotopic (exact) mass is 252 g/mol. The van der Waals surface area contributed by atoms with E-state index in [1.54, 1.807) is 24.3 Å². The largest absolute Gasteiger partial charge is 0.491 e. The number of ketones is 1. The third-order valence-corrected chi connectivity index (χ3v) is 2.37. The first-order chi connectivity index (χ1) is 8.51. The van der Waals surface area contributed by atoms with Crippen LogP contribution in [-0.4, -0.2) is 36.2 Å². The summed E-state index contributed by atoms with van der Waals surface area (Å²) in [5.41, 5.74) is -0.756. The minimum atomic E-state index is -1.19. The molecule has 18 heavy (non-hydrogen) atoms. The van der Waals surface area contributed by atoms with E-state index >= 15 is 0 Å². The highest BCUT2D eigenvalue weighted by Gasteiger charge is 2.30. The first-order valence-corrected chi connectivity index (χ1v) is 5.51. The average molecular weight is 252 g/mol. The molecule has 5 heteroatoms. The molecule has 0 saturated carbocycles. The number of hydrogen-bond donors (Lipinski definition) is 1. The molecule has 0 spiro atoms. The van der Waals surface area contributed by atoms with Crippen molar-refractivity contribution >= 4 is 12.3 Å². The molecule has 1 aromatic rings. The molecular weight excluding hydrogens is 236 g/mol. The van der Waals surface area contributed by atoms with E-state index in [-0.39, 0.29) is 25.5 Å². The Morgan fingerprint density at radius 3 is 2.44 bits per heavy atom. The number of benzene rings is 1. The lowest BCUT2D eigenvalue weighted by molar-refractivity contribution is -0.136. The Hall–Kier alpha value is -1.88. The van der Waals surface area contributed by atoms with E-state index in [2.05, 4.69) is 0 Å². The van der Waals surface area contributed by atoms with Crippen LogP contribution >= 0.6 is 0 Å².